The average molecular weight is 188 g/mol. The highest BCUT2D eigenvalue weighted by Gasteiger charge is 2.33. The molecule has 0 radical (unpaired) electrons. The number of rotatable bonds is 4. The van der Waals surface area contributed by atoms with Crippen LogP contribution < -0.4 is 0 Å². The molecule has 2 rings (SSSR count). The summed E-state index contributed by atoms with van der Waals surface area (Å²) < 4.78 is 21.4. The molecule has 0 amide bonds. The Bertz CT molecular complexity index is 176. The minimum absolute atomic E-state index is 0.0775. The van der Waals surface area contributed by atoms with Gasteiger partial charge in [0.05, 0.1) is 26.4 Å². The lowest BCUT2D eigenvalue weighted by atomic mass is 10.4. The molecule has 0 aliphatic carbocycles. The Labute approximate surface area is 78.1 Å². The molecule has 13 heavy (non-hydrogen) atoms. The van der Waals surface area contributed by atoms with Crippen molar-refractivity contribution in [2.75, 3.05) is 26.4 Å². The molecule has 0 saturated carbocycles. The topological polar surface area (TPSA) is 40.2 Å². The van der Waals surface area contributed by atoms with Crippen LogP contribution in [0.25, 0.3) is 0 Å². The number of ether oxygens (including phenoxy) is 4. The fourth-order valence-corrected chi connectivity index (χ4v) is 1.34. The van der Waals surface area contributed by atoms with Crippen molar-refractivity contribution in [3.8, 4) is 0 Å². The third-order valence-corrected chi connectivity index (χ3v) is 2.08. The Morgan fingerprint density at radius 1 is 1.23 bits per heavy atom. The Kier molecular flexibility index (Phi) is 2.55. The maximum absolute atomic E-state index is 5.56. The quantitative estimate of drug-likeness (QED) is 0.604. The normalized spacial score (nSPS) is 36.5. The fourth-order valence-electron chi connectivity index (χ4n) is 1.34. The summed E-state index contributed by atoms with van der Waals surface area (Å²) in [6.07, 6.45) is 0.407. The van der Waals surface area contributed by atoms with E-state index in [9.17, 15) is 0 Å². The van der Waals surface area contributed by atoms with E-state index in [0.717, 1.165) is 6.61 Å². The predicted molar refractivity (Wildman–Crippen MR) is 45.5 cm³/mol. The highest BCUT2D eigenvalue weighted by atomic mass is 16.7. The summed E-state index contributed by atoms with van der Waals surface area (Å²) in [5, 5.41) is 0. The second kappa shape index (κ2) is 3.53. The SMILES string of the molecule is CC1(C)OC[C@H](COC[C@@H]2CO2)O1. The van der Waals surface area contributed by atoms with Crippen molar-refractivity contribution in [3.63, 3.8) is 0 Å². The van der Waals surface area contributed by atoms with E-state index in [4.69, 9.17) is 18.9 Å². The zero-order chi connectivity index (χ0) is 9.31. The Morgan fingerprint density at radius 2 is 1.92 bits per heavy atom. The van der Waals surface area contributed by atoms with Crippen molar-refractivity contribution < 1.29 is 18.9 Å². The number of hydrogen-bond donors (Lipinski definition) is 0. The Morgan fingerprint density at radius 3 is 2.46 bits per heavy atom. The summed E-state index contributed by atoms with van der Waals surface area (Å²) in [6.45, 7) is 6.57. The van der Waals surface area contributed by atoms with Crippen LogP contribution >= 0.6 is 0 Å². The first-order valence-electron chi connectivity index (χ1n) is 4.67. The van der Waals surface area contributed by atoms with Gasteiger partial charge in [0.25, 0.3) is 0 Å². The van der Waals surface area contributed by atoms with E-state index in [2.05, 4.69) is 0 Å². The van der Waals surface area contributed by atoms with Crippen molar-refractivity contribution in [1.82, 2.24) is 0 Å². The molecule has 4 nitrogen and oxygen atoms in total. The van der Waals surface area contributed by atoms with Gasteiger partial charge in [0.15, 0.2) is 5.79 Å². The first-order valence-corrected chi connectivity index (χ1v) is 4.67. The monoisotopic (exact) mass is 188 g/mol. The van der Waals surface area contributed by atoms with Gasteiger partial charge in [-0.15, -0.1) is 0 Å². The first kappa shape index (κ1) is 9.40. The van der Waals surface area contributed by atoms with E-state index in [1.54, 1.807) is 0 Å². The lowest BCUT2D eigenvalue weighted by Gasteiger charge is -2.16. The van der Waals surface area contributed by atoms with Crippen LogP contribution in [0.4, 0.5) is 0 Å². The number of hydrogen-bond acceptors (Lipinski definition) is 4. The number of epoxide rings is 1. The van der Waals surface area contributed by atoms with Gasteiger partial charge in [0.1, 0.15) is 12.2 Å². The smallest absolute Gasteiger partial charge is 0.163 e. The molecule has 0 N–H and O–H groups in total. The van der Waals surface area contributed by atoms with Crippen molar-refractivity contribution in [3.05, 3.63) is 0 Å². The molecular weight excluding hydrogens is 172 g/mol. The molecule has 2 aliphatic rings. The summed E-state index contributed by atoms with van der Waals surface area (Å²) in [6, 6.07) is 0. The van der Waals surface area contributed by atoms with Gasteiger partial charge in [-0.2, -0.15) is 0 Å². The summed E-state index contributed by atoms with van der Waals surface area (Å²) in [5.41, 5.74) is 0. The molecule has 2 saturated heterocycles. The second-order valence-corrected chi connectivity index (χ2v) is 3.94. The molecule has 2 atom stereocenters. The molecule has 4 heteroatoms. The van der Waals surface area contributed by atoms with Crippen molar-refractivity contribution >= 4 is 0 Å². The summed E-state index contributed by atoms with van der Waals surface area (Å²) in [7, 11) is 0. The summed E-state index contributed by atoms with van der Waals surface area (Å²) in [4.78, 5) is 0. The second-order valence-electron chi connectivity index (χ2n) is 3.94. The van der Waals surface area contributed by atoms with Gasteiger partial charge in [-0.1, -0.05) is 0 Å². The van der Waals surface area contributed by atoms with Crippen molar-refractivity contribution in [1.29, 1.82) is 0 Å². The minimum Gasteiger partial charge on any atom is -0.376 e. The lowest BCUT2D eigenvalue weighted by molar-refractivity contribution is -0.145. The van der Waals surface area contributed by atoms with Gasteiger partial charge in [-0.3, -0.25) is 0 Å². The molecule has 0 aromatic rings. The third kappa shape index (κ3) is 2.91. The lowest BCUT2D eigenvalue weighted by Crippen LogP contribution is -2.24. The van der Waals surface area contributed by atoms with Crippen LogP contribution in [0, 0.1) is 0 Å². The van der Waals surface area contributed by atoms with E-state index in [0.29, 0.717) is 25.9 Å². The average Bonchev–Trinajstić information content (AvgIpc) is 2.78. The Balaban J connectivity index is 1.59. The van der Waals surface area contributed by atoms with Crippen molar-refractivity contribution in [2.24, 2.45) is 0 Å². The van der Waals surface area contributed by atoms with E-state index < -0.39 is 5.79 Å². The van der Waals surface area contributed by atoms with E-state index >= 15 is 0 Å². The summed E-state index contributed by atoms with van der Waals surface area (Å²) >= 11 is 0. The molecule has 2 fully saturated rings. The predicted octanol–water partition coefficient (Wildman–Crippen LogP) is 0.553. The van der Waals surface area contributed by atoms with E-state index in [1.807, 2.05) is 13.8 Å². The van der Waals surface area contributed by atoms with Crippen LogP contribution in [-0.2, 0) is 18.9 Å². The van der Waals surface area contributed by atoms with Gasteiger partial charge < -0.3 is 18.9 Å². The maximum atomic E-state index is 5.56. The first-order chi connectivity index (χ1) is 6.16. The highest BCUT2D eigenvalue weighted by molar-refractivity contribution is 4.72. The van der Waals surface area contributed by atoms with E-state index in [-0.39, 0.29) is 6.10 Å². The van der Waals surface area contributed by atoms with Gasteiger partial charge in [-0.25, -0.2) is 0 Å². The molecule has 0 aromatic carbocycles. The summed E-state index contributed by atoms with van der Waals surface area (Å²) in [5.74, 6) is -0.440. The minimum atomic E-state index is -0.440. The van der Waals surface area contributed by atoms with Crippen LogP contribution in [-0.4, -0.2) is 44.4 Å². The van der Waals surface area contributed by atoms with Crippen molar-refractivity contribution in [2.45, 2.75) is 31.8 Å². The molecule has 0 unspecified atom stereocenters. The molecule has 0 aromatic heterocycles. The molecule has 2 aliphatic heterocycles. The fraction of sp³-hybridized carbons (Fsp3) is 1.00. The van der Waals surface area contributed by atoms with Crippen LogP contribution in [0.1, 0.15) is 13.8 Å². The van der Waals surface area contributed by atoms with Gasteiger partial charge in [0, 0.05) is 0 Å². The Hall–Kier alpha value is -0.160. The van der Waals surface area contributed by atoms with Gasteiger partial charge in [-0.05, 0) is 13.8 Å². The van der Waals surface area contributed by atoms with Gasteiger partial charge in [0.2, 0.25) is 0 Å². The molecule has 0 spiro atoms. The highest BCUT2D eigenvalue weighted by Crippen LogP contribution is 2.22. The molecule has 76 valence electrons. The van der Waals surface area contributed by atoms with E-state index in [1.165, 1.54) is 0 Å². The van der Waals surface area contributed by atoms with Crippen LogP contribution in [0.5, 0.6) is 0 Å². The zero-order valence-corrected chi connectivity index (χ0v) is 8.12. The maximum Gasteiger partial charge on any atom is 0.163 e. The third-order valence-electron chi connectivity index (χ3n) is 2.08. The van der Waals surface area contributed by atoms with Crippen LogP contribution in [0.15, 0.2) is 0 Å². The molecular formula is C9H16O4. The largest absolute Gasteiger partial charge is 0.376 e. The zero-order valence-electron chi connectivity index (χ0n) is 8.12. The van der Waals surface area contributed by atoms with Crippen LogP contribution in [0.2, 0.25) is 0 Å². The van der Waals surface area contributed by atoms with Gasteiger partial charge >= 0.3 is 0 Å². The molecule has 0 bridgehead atoms. The van der Waals surface area contributed by atoms with Crippen LogP contribution in [0.3, 0.4) is 0 Å². The standard InChI is InChI=1S/C9H16O4/c1-9(2)12-6-8(13-9)4-10-3-7-5-11-7/h7-8H,3-6H2,1-2H3/t7-,8+/m1/s1. The molecule has 2 heterocycles.